The second-order valence-electron chi connectivity index (χ2n) is 8.49. The van der Waals surface area contributed by atoms with Crippen molar-refractivity contribution in [3.05, 3.63) is 152 Å². The van der Waals surface area contributed by atoms with Gasteiger partial charge in [-0.15, -0.1) is 0 Å². The number of benzene rings is 5. The average molecular weight is 636 g/mol. The molecule has 5 aromatic rings. The summed E-state index contributed by atoms with van der Waals surface area (Å²) in [6.07, 6.45) is 2.71. The predicted octanol–water partition coefficient (Wildman–Crippen LogP) is 15.2. The minimum atomic E-state index is 1.24. The lowest BCUT2D eigenvalue weighted by atomic mass is 10.1. The summed E-state index contributed by atoms with van der Waals surface area (Å²) in [5.74, 6) is 0. The first-order chi connectivity index (χ1) is 23.4. The van der Waals surface area contributed by atoms with E-state index in [9.17, 15) is 0 Å². The molecule has 0 radical (unpaired) electrons. The minimum absolute atomic E-state index is 1.24. The van der Waals surface area contributed by atoms with E-state index >= 15 is 0 Å². The fourth-order valence-electron chi connectivity index (χ4n) is 4.14. The zero-order chi connectivity index (χ0) is 36.0. The highest BCUT2D eigenvalue weighted by molar-refractivity contribution is 5.63. The van der Waals surface area contributed by atoms with Crippen LogP contribution in [-0.2, 0) is 0 Å². The van der Waals surface area contributed by atoms with Gasteiger partial charge in [0.25, 0.3) is 0 Å². The van der Waals surface area contributed by atoms with E-state index in [0.29, 0.717) is 0 Å². The highest BCUT2D eigenvalue weighted by Crippen LogP contribution is 2.19. The van der Waals surface area contributed by atoms with E-state index < -0.39 is 0 Å². The Bertz CT molecular complexity index is 1050. The standard InChI is InChI=1S/2C12H10.C10H13N.6C2H6/c2*1-3-7-11(8-4-1)12-9-5-2-6-10-12;1-2-6-10(7-3-1)11-8-4-5-9-11;6*1-2/h2*1-10H;1-3,6-7H,4-5,8-9H2;6*1-2H3. The lowest BCUT2D eigenvalue weighted by Crippen LogP contribution is -2.16. The van der Waals surface area contributed by atoms with E-state index in [2.05, 4.69) is 132 Å². The number of nitrogens with zero attached hydrogens (tertiary/aromatic N) is 1. The van der Waals surface area contributed by atoms with Crippen LogP contribution in [0.4, 0.5) is 5.69 Å². The van der Waals surface area contributed by atoms with Crippen LogP contribution >= 0.6 is 0 Å². The Morgan fingerprint density at radius 2 is 0.468 bits per heavy atom. The molecule has 1 saturated heterocycles. The zero-order valence-corrected chi connectivity index (χ0v) is 32.2. The molecule has 0 aromatic heterocycles. The summed E-state index contributed by atoms with van der Waals surface area (Å²) in [4.78, 5) is 2.44. The molecule has 5 aromatic carbocycles. The summed E-state index contributed by atoms with van der Waals surface area (Å²) in [5.41, 5.74) is 6.48. The van der Waals surface area contributed by atoms with Crippen molar-refractivity contribution < 1.29 is 0 Å². The SMILES string of the molecule is CC.CC.CC.CC.CC.CC.c1ccc(-c2ccccc2)cc1.c1ccc(-c2ccccc2)cc1.c1ccc(N2CCCC2)cc1. The summed E-state index contributed by atoms with van der Waals surface area (Å²) < 4.78 is 0. The number of hydrogen-bond donors (Lipinski definition) is 0. The van der Waals surface area contributed by atoms with Crippen LogP contribution in [0.1, 0.15) is 95.9 Å². The molecule has 1 heterocycles. The Balaban J connectivity index is -0.000000532. The molecule has 0 N–H and O–H groups in total. The molecule has 0 amide bonds. The fraction of sp³-hybridized carbons (Fsp3) is 0.348. The average Bonchev–Trinajstić information content (AvgIpc) is 3.77. The Morgan fingerprint density at radius 1 is 0.277 bits per heavy atom. The lowest BCUT2D eigenvalue weighted by molar-refractivity contribution is 0.949. The number of hydrogen-bond acceptors (Lipinski definition) is 1. The van der Waals surface area contributed by atoms with Crippen molar-refractivity contribution in [2.45, 2.75) is 95.9 Å². The van der Waals surface area contributed by atoms with Crippen LogP contribution < -0.4 is 4.90 Å². The number of rotatable bonds is 3. The molecule has 1 aliphatic rings. The molecule has 1 fully saturated rings. The summed E-state index contributed by atoms with van der Waals surface area (Å²) in [5, 5.41) is 0. The summed E-state index contributed by atoms with van der Waals surface area (Å²) >= 11 is 0. The number of anilines is 1. The third-order valence-corrected chi connectivity index (χ3v) is 5.99. The highest BCUT2D eigenvalue weighted by atomic mass is 15.1. The molecule has 258 valence electrons. The zero-order valence-electron chi connectivity index (χ0n) is 32.2. The first-order valence-electron chi connectivity index (χ1n) is 18.4. The summed E-state index contributed by atoms with van der Waals surface area (Å²) in [7, 11) is 0. The number of para-hydroxylation sites is 1. The Labute approximate surface area is 292 Å². The van der Waals surface area contributed by atoms with Gasteiger partial charge in [0.1, 0.15) is 0 Å². The third kappa shape index (κ3) is 22.1. The molecule has 0 saturated carbocycles. The Kier molecular flexibility index (Phi) is 38.3. The maximum atomic E-state index is 2.44. The molecule has 0 aliphatic carbocycles. The van der Waals surface area contributed by atoms with Crippen LogP contribution in [0.15, 0.2) is 152 Å². The van der Waals surface area contributed by atoms with Gasteiger partial charge in [-0.2, -0.15) is 0 Å². The van der Waals surface area contributed by atoms with Crippen LogP contribution in [0.3, 0.4) is 0 Å². The predicted molar refractivity (Wildman–Crippen MR) is 220 cm³/mol. The van der Waals surface area contributed by atoms with Crippen LogP contribution in [0.5, 0.6) is 0 Å². The van der Waals surface area contributed by atoms with Crippen molar-refractivity contribution in [3.8, 4) is 22.3 Å². The van der Waals surface area contributed by atoms with Gasteiger partial charge < -0.3 is 4.90 Å². The Hall–Kier alpha value is -4.10. The molecular formula is C46H69N. The van der Waals surface area contributed by atoms with E-state index in [1.165, 1.54) is 53.9 Å². The second-order valence-corrected chi connectivity index (χ2v) is 8.49. The Morgan fingerprint density at radius 3 is 0.681 bits per heavy atom. The highest BCUT2D eigenvalue weighted by Gasteiger charge is 2.10. The first-order valence-corrected chi connectivity index (χ1v) is 18.4. The normalized spacial score (nSPS) is 9.74. The van der Waals surface area contributed by atoms with Crippen LogP contribution in [0, 0.1) is 0 Å². The lowest BCUT2D eigenvalue weighted by Gasteiger charge is -2.16. The maximum Gasteiger partial charge on any atom is 0.0366 e. The minimum Gasteiger partial charge on any atom is -0.372 e. The van der Waals surface area contributed by atoms with Crippen LogP contribution in [0.2, 0.25) is 0 Å². The second kappa shape index (κ2) is 38.1. The van der Waals surface area contributed by atoms with Crippen molar-refractivity contribution in [3.63, 3.8) is 0 Å². The van der Waals surface area contributed by atoms with E-state index in [1.807, 2.05) is 107 Å². The molecule has 0 spiro atoms. The molecule has 47 heavy (non-hydrogen) atoms. The molecule has 1 heteroatoms. The van der Waals surface area contributed by atoms with Crippen molar-refractivity contribution in [2.24, 2.45) is 0 Å². The third-order valence-electron chi connectivity index (χ3n) is 5.99. The van der Waals surface area contributed by atoms with Crippen LogP contribution in [-0.4, -0.2) is 13.1 Å². The van der Waals surface area contributed by atoms with Crippen molar-refractivity contribution >= 4 is 5.69 Å². The van der Waals surface area contributed by atoms with Gasteiger partial charge in [0.15, 0.2) is 0 Å². The van der Waals surface area contributed by atoms with Gasteiger partial charge in [-0.05, 0) is 47.2 Å². The molecule has 0 atom stereocenters. The van der Waals surface area contributed by atoms with Crippen LogP contribution in [0.25, 0.3) is 22.3 Å². The van der Waals surface area contributed by atoms with Crippen molar-refractivity contribution in [2.75, 3.05) is 18.0 Å². The van der Waals surface area contributed by atoms with Crippen molar-refractivity contribution in [1.29, 1.82) is 0 Å². The van der Waals surface area contributed by atoms with Gasteiger partial charge in [0.2, 0.25) is 0 Å². The largest absolute Gasteiger partial charge is 0.372 e. The maximum absolute atomic E-state index is 2.44. The monoisotopic (exact) mass is 636 g/mol. The molecule has 1 nitrogen and oxygen atoms in total. The summed E-state index contributed by atoms with van der Waals surface area (Å²) in [6, 6.07) is 52.2. The molecular weight excluding hydrogens is 567 g/mol. The summed E-state index contributed by atoms with van der Waals surface area (Å²) in [6.45, 7) is 26.5. The van der Waals surface area contributed by atoms with Gasteiger partial charge in [0.05, 0.1) is 0 Å². The molecule has 0 unspecified atom stereocenters. The van der Waals surface area contributed by atoms with Gasteiger partial charge in [-0.25, -0.2) is 0 Å². The van der Waals surface area contributed by atoms with Gasteiger partial charge >= 0.3 is 0 Å². The smallest absolute Gasteiger partial charge is 0.0366 e. The fourth-order valence-corrected chi connectivity index (χ4v) is 4.14. The van der Waals surface area contributed by atoms with E-state index in [-0.39, 0.29) is 0 Å². The van der Waals surface area contributed by atoms with Crippen molar-refractivity contribution in [1.82, 2.24) is 0 Å². The molecule has 0 bridgehead atoms. The molecule has 6 rings (SSSR count). The van der Waals surface area contributed by atoms with Gasteiger partial charge in [-0.3, -0.25) is 0 Å². The topological polar surface area (TPSA) is 3.24 Å². The van der Waals surface area contributed by atoms with Gasteiger partial charge in [-0.1, -0.05) is 223 Å². The molecule has 1 aliphatic heterocycles. The van der Waals surface area contributed by atoms with E-state index in [1.54, 1.807) is 0 Å². The van der Waals surface area contributed by atoms with E-state index in [4.69, 9.17) is 0 Å². The quantitative estimate of drug-likeness (QED) is 0.191. The first kappa shape index (κ1) is 47.3. The van der Waals surface area contributed by atoms with E-state index in [0.717, 1.165) is 0 Å². The van der Waals surface area contributed by atoms with Gasteiger partial charge in [0, 0.05) is 18.8 Å².